The minimum atomic E-state index is -1.83. The van der Waals surface area contributed by atoms with E-state index < -0.39 is 117 Å². The molecule has 63 heavy (non-hydrogen) atoms. The van der Waals surface area contributed by atoms with Gasteiger partial charge in [0.15, 0.2) is 24.7 Å². The zero-order valence-electron chi connectivity index (χ0n) is 37.2. The monoisotopic (exact) mass is 902 g/mol. The summed E-state index contributed by atoms with van der Waals surface area (Å²) < 4.78 is 49.8. The van der Waals surface area contributed by atoms with Gasteiger partial charge in [0.1, 0.15) is 67.1 Å². The van der Waals surface area contributed by atoms with Gasteiger partial charge in [0.25, 0.3) is 0 Å². The van der Waals surface area contributed by atoms with Crippen molar-refractivity contribution in [3.05, 3.63) is 0 Å². The van der Waals surface area contributed by atoms with Crippen LogP contribution in [0.1, 0.15) is 92.4 Å². The predicted molar refractivity (Wildman–Crippen MR) is 216 cm³/mol. The number of rotatable bonds is 8. The third-order valence-corrected chi connectivity index (χ3v) is 18.4. The molecule has 0 aromatic heterocycles. The second-order valence-electron chi connectivity index (χ2n) is 21.6. The number of hydrogen-bond donors (Lipinski definition) is 10. The highest BCUT2D eigenvalue weighted by atomic mass is 16.8. The maximum Gasteiger partial charge on any atom is 0.187 e. The van der Waals surface area contributed by atoms with Gasteiger partial charge in [-0.05, 0) is 93.3 Å². The van der Waals surface area contributed by atoms with Crippen LogP contribution in [0.15, 0.2) is 0 Å². The molecule has 18 nitrogen and oxygen atoms in total. The third-order valence-electron chi connectivity index (χ3n) is 18.4. The Kier molecular flexibility index (Phi) is 13.3. The van der Waals surface area contributed by atoms with Crippen LogP contribution in [0.3, 0.4) is 0 Å². The third kappa shape index (κ3) is 7.70. The molecule has 5 saturated heterocycles. The first-order chi connectivity index (χ1) is 29.9. The van der Waals surface area contributed by atoms with E-state index in [-0.39, 0.29) is 40.8 Å². The Morgan fingerprint density at radius 1 is 0.603 bits per heavy atom. The highest BCUT2D eigenvalue weighted by molar-refractivity contribution is 5.18. The van der Waals surface area contributed by atoms with Crippen molar-refractivity contribution in [1.29, 1.82) is 0 Å². The largest absolute Gasteiger partial charge is 0.394 e. The van der Waals surface area contributed by atoms with E-state index in [1.807, 2.05) is 0 Å². The number of ether oxygens (including phenoxy) is 8. The van der Waals surface area contributed by atoms with Gasteiger partial charge in [-0.25, -0.2) is 0 Å². The van der Waals surface area contributed by atoms with Crippen molar-refractivity contribution in [1.82, 2.24) is 0 Å². The number of aliphatic hydroxyl groups is 10. The summed E-state index contributed by atoms with van der Waals surface area (Å²) in [4.78, 5) is 0. The minimum absolute atomic E-state index is 0.0640. The molecule has 5 heterocycles. The summed E-state index contributed by atoms with van der Waals surface area (Å²) in [5.74, 6) is 1.70. The summed E-state index contributed by atoms with van der Waals surface area (Å²) in [6.07, 6.45) is -16.2. The molecule has 0 amide bonds. The quantitative estimate of drug-likeness (QED) is 0.134. The maximum atomic E-state index is 12.3. The lowest BCUT2D eigenvalue weighted by molar-refractivity contribution is -0.390. The fourth-order valence-electron chi connectivity index (χ4n) is 14.6. The smallest absolute Gasteiger partial charge is 0.187 e. The van der Waals surface area contributed by atoms with E-state index in [4.69, 9.17) is 37.9 Å². The van der Waals surface area contributed by atoms with Gasteiger partial charge in [0.05, 0.1) is 44.2 Å². The highest BCUT2D eigenvalue weighted by Crippen LogP contribution is 2.71. The van der Waals surface area contributed by atoms with Crippen LogP contribution >= 0.6 is 0 Å². The molecule has 1 spiro atoms. The van der Waals surface area contributed by atoms with Crippen molar-refractivity contribution in [2.24, 2.45) is 52.3 Å². The van der Waals surface area contributed by atoms with Gasteiger partial charge in [0.2, 0.25) is 0 Å². The normalized spacial score (nSPS) is 59.4. The Morgan fingerprint density at radius 2 is 1.27 bits per heavy atom. The van der Waals surface area contributed by atoms with Crippen molar-refractivity contribution in [3.8, 4) is 0 Å². The summed E-state index contributed by atoms with van der Waals surface area (Å²) in [6.45, 7) is 9.97. The SMILES string of the molecule is C[C@@H]1CCC2(OC1)OC1CC3C4CCC5C[C@@H](O[C@@H]6O[C@H](CO)[C@@H](O[C@H]7O[C@@H](CO)[C@H](O)[C@@H](O)[C@@H]7O)[C@H](O)[C@H]6O[C@@H]6O[C@@H](C)[C@H](O)[C@@H](O)[C@H]6O)CC[C@]5(C)C4CC(O)[C@]3(C)C1[C@@H]2C. The summed E-state index contributed by atoms with van der Waals surface area (Å²) >= 11 is 0. The Labute approximate surface area is 369 Å². The molecular formula is C45H74O18. The molecule has 18 heteroatoms. The van der Waals surface area contributed by atoms with Gasteiger partial charge >= 0.3 is 0 Å². The molecular weight excluding hydrogens is 828 g/mol. The van der Waals surface area contributed by atoms with Crippen LogP contribution < -0.4 is 0 Å². The second-order valence-corrected chi connectivity index (χ2v) is 21.6. The first-order valence-corrected chi connectivity index (χ1v) is 23.8. The molecule has 0 aromatic rings. The Bertz CT molecular complexity index is 1580. The molecule has 5 aliphatic heterocycles. The lowest BCUT2D eigenvalue weighted by atomic mass is 9.43. The molecule has 0 radical (unpaired) electrons. The van der Waals surface area contributed by atoms with Crippen molar-refractivity contribution in [2.45, 2.75) is 209 Å². The number of hydrogen-bond acceptors (Lipinski definition) is 18. The summed E-state index contributed by atoms with van der Waals surface area (Å²) in [5.41, 5.74) is -0.346. The summed E-state index contributed by atoms with van der Waals surface area (Å²) in [7, 11) is 0. The second kappa shape index (κ2) is 17.7. The van der Waals surface area contributed by atoms with Crippen LogP contribution in [-0.4, -0.2) is 187 Å². The highest BCUT2D eigenvalue weighted by Gasteiger charge is 2.71. The molecule has 8 unspecified atom stereocenters. The Morgan fingerprint density at radius 3 is 1.95 bits per heavy atom. The van der Waals surface area contributed by atoms with Gasteiger partial charge in [0, 0.05) is 23.7 Å². The first kappa shape index (κ1) is 47.4. The van der Waals surface area contributed by atoms with Gasteiger partial charge in [-0.1, -0.05) is 27.7 Å². The van der Waals surface area contributed by atoms with Crippen LogP contribution in [0.25, 0.3) is 0 Å². The van der Waals surface area contributed by atoms with Crippen LogP contribution in [0, 0.1) is 52.3 Å². The van der Waals surface area contributed by atoms with Gasteiger partial charge in [-0.2, -0.15) is 0 Å². The number of aliphatic hydroxyl groups excluding tert-OH is 10. The average Bonchev–Trinajstić information content (AvgIpc) is 3.71. The van der Waals surface area contributed by atoms with E-state index in [0.29, 0.717) is 43.1 Å². The molecule has 9 rings (SSSR count). The fraction of sp³-hybridized carbons (Fsp3) is 1.00. The lowest BCUT2D eigenvalue weighted by Gasteiger charge is -2.62. The zero-order chi connectivity index (χ0) is 45.1. The molecule has 9 aliphatic rings. The Hall–Kier alpha value is -0.720. The minimum Gasteiger partial charge on any atom is -0.394 e. The van der Waals surface area contributed by atoms with E-state index in [1.165, 1.54) is 6.92 Å². The first-order valence-electron chi connectivity index (χ1n) is 23.8. The molecule has 0 bridgehead atoms. The molecule has 4 saturated carbocycles. The van der Waals surface area contributed by atoms with Crippen molar-refractivity contribution in [3.63, 3.8) is 0 Å². The van der Waals surface area contributed by atoms with E-state index in [9.17, 15) is 51.1 Å². The van der Waals surface area contributed by atoms with Gasteiger partial charge < -0.3 is 89.0 Å². The van der Waals surface area contributed by atoms with Crippen molar-refractivity contribution >= 4 is 0 Å². The van der Waals surface area contributed by atoms with Gasteiger partial charge in [-0.3, -0.25) is 0 Å². The lowest BCUT2D eigenvalue weighted by Crippen LogP contribution is -2.67. The summed E-state index contributed by atoms with van der Waals surface area (Å²) in [6, 6.07) is 0. The number of fused-ring (bicyclic) bond motifs is 7. The average molecular weight is 903 g/mol. The van der Waals surface area contributed by atoms with Crippen LogP contribution in [0.4, 0.5) is 0 Å². The molecule has 4 aliphatic carbocycles. The van der Waals surface area contributed by atoms with E-state index >= 15 is 0 Å². The van der Waals surface area contributed by atoms with Crippen molar-refractivity contribution < 1.29 is 89.0 Å². The topological polar surface area (TPSA) is 276 Å². The van der Waals surface area contributed by atoms with Crippen LogP contribution in [0.5, 0.6) is 0 Å². The molecule has 28 atom stereocenters. The Balaban J connectivity index is 0.910. The van der Waals surface area contributed by atoms with E-state index in [0.717, 1.165) is 44.9 Å². The van der Waals surface area contributed by atoms with Crippen molar-refractivity contribution in [2.75, 3.05) is 19.8 Å². The van der Waals surface area contributed by atoms with Crippen LogP contribution in [0.2, 0.25) is 0 Å². The molecule has 10 N–H and O–H groups in total. The van der Waals surface area contributed by atoms with E-state index in [2.05, 4.69) is 27.7 Å². The molecule has 9 fully saturated rings. The predicted octanol–water partition coefficient (Wildman–Crippen LogP) is -0.735. The van der Waals surface area contributed by atoms with Crippen LogP contribution in [-0.2, 0) is 37.9 Å². The van der Waals surface area contributed by atoms with E-state index in [1.54, 1.807) is 0 Å². The molecule has 0 aromatic carbocycles. The standard InChI is InChI=1S/C45H74O18/c1-18-8-11-45(56-17-18)19(2)30-26(63-45)13-25-23-7-6-21-12-22(9-10-43(21,4)24(23)14-29(48)44(25,30)5)58-42-39(62-40-35(53)33(51)31(49)20(3)57-40)37(55)38(28(16-47)60-42)61-41-36(54)34(52)32(50)27(15-46)59-41/h18-42,46-55H,6-17H2,1-5H3/t18-,19+,20+,21?,22+,23?,24?,25?,26?,27+,28-,29?,30?,31+,32+,33-,34-,35-,36+,37+,38-,39-,40+,41-,42-,43+,44-,45?/m1/s1. The maximum absolute atomic E-state index is 12.3. The van der Waals surface area contributed by atoms with Gasteiger partial charge in [-0.15, -0.1) is 0 Å². The fourth-order valence-corrected chi connectivity index (χ4v) is 14.6. The molecule has 362 valence electrons. The zero-order valence-corrected chi connectivity index (χ0v) is 37.2. The summed E-state index contributed by atoms with van der Waals surface area (Å²) in [5, 5.41) is 108.